The lowest BCUT2D eigenvalue weighted by atomic mass is 9.90. The minimum atomic E-state index is 1.10. The molecule has 0 aliphatic carbocycles. The SMILES string of the molecule is c1cncc(-c2cccc(-c3cccc(-c4cc(-c5cccc(-c6cccc(-c7cccnc7)c6)c5)cc(-c5cccc(-c6cccc(-c7cccnc7)c6)c5)c4)c3)c2)c1. The predicted octanol–water partition coefficient (Wildman–Crippen LogP) is 14.9. The van der Waals surface area contributed by atoms with Crippen LogP contribution >= 0.6 is 0 Å². The molecule has 0 radical (unpaired) electrons. The van der Waals surface area contributed by atoms with E-state index in [-0.39, 0.29) is 0 Å². The van der Waals surface area contributed by atoms with Gasteiger partial charge in [0.25, 0.3) is 0 Å². The summed E-state index contributed by atoms with van der Waals surface area (Å²) in [6.07, 6.45) is 11.2. The lowest BCUT2D eigenvalue weighted by Crippen LogP contribution is -1.89. The summed E-state index contributed by atoms with van der Waals surface area (Å²) in [7, 11) is 0. The van der Waals surface area contributed by atoms with Crippen molar-refractivity contribution in [1.29, 1.82) is 0 Å². The van der Waals surface area contributed by atoms with Crippen molar-refractivity contribution in [2.24, 2.45) is 0 Å². The largest absolute Gasteiger partial charge is 0.264 e. The van der Waals surface area contributed by atoms with Gasteiger partial charge in [-0.15, -0.1) is 0 Å². The van der Waals surface area contributed by atoms with Gasteiger partial charge in [-0.1, -0.05) is 127 Å². The molecule has 3 heterocycles. The van der Waals surface area contributed by atoms with Crippen LogP contribution in [0.4, 0.5) is 0 Å². The number of aromatic nitrogens is 3. The highest BCUT2D eigenvalue weighted by Crippen LogP contribution is 2.38. The van der Waals surface area contributed by atoms with Crippen molar-refractivity contribution >= 4 is 0 Å². The fourth-order valence-corrected chi connectivity index (χ4v) is 8.00. The Labute approximate surface area is 351 Å². The van der Waals surface area contributed by atoms with Crippen LogP contribution < -0.4 is 0 Å². The van der Waals surface area contributed by atoms with Gasteiger partial charge in [-0.3, -0.25) is 15.0 Å². The van der Waals surface area contributed by atoms with Gasteiger partial charge in [-0.25, -0.2) is 0 Å². The van der Waals surface area contributed by atoms with Crippen LogP contribution in [0.2, 0.25) is 0 Å². The smallest absolute Gasteiger partial charge is 0.0346 e. The maximum absolute atomic E-state index is 4.36. The Bertz CT molecular complexity index is 2740. The first-order chi connectivity index (χ1) is 29.7. The Hall–Kier alpha value is -8.01. The molecule has 7 aromatic carbocycles. The van der Waals surface area contributed by atoms with Crippen LogP contribution in [0.15, 0.2) is 237 Å². The molecule has 0 aliphatic heterocycles. The lowest BCUT2D eigenvalue weighted by molar-refractivity contribution is 1.33. The molecule has 0 amide bonds. The highest BCUT2D eigenvalue weighted by molar-refractivity contribution is 5.86. The zero-order valence-electron chi connectivity index (χ0n) is 32.9. The average Bonchev–Trinajstić information content (AvgIpc) is 3.35. The molecule has 10 aromatic rings. The summed E-state index contributed by atoms with van der Waals surface area (Å²) in [4.78, 5) is 13.1. The summed E-state index contributed by atoms with van der Waals surface area (Å²) < 4.78 is 0. The van der Waals surface area contributed by atoms with Gasteiger partial charge in [-0.2, -0.15) is 0 Å². The lowest BCUT2D eigenvalue weighted by Gasteiger charge is -2.14. The molecular weight excluding hydrogens is 727 g/mol. The second-order valence-electron chi connectivity index (χ2n) is 15.0. The molecule has 0 aliphatic rings. The fourth-order valence-electron chi connectivity index (χ4n) is 8.00. The van der Waals surface area contributed by atoms with Crippen LogP contribution in [0.5, 0.6) is 0 Å². The third-order valence-electron chi connectivity index (χ3n) is 11.1. The van der Waals surface area contributed by atoms with Crippen LogP contribution in [-0.2, 0) is 0 Å². The minimum Gasteiger partial charge on any atom is -0.264 e. The summed E-state index contributed by atoms with van der Waals surface area (Å²) in [6, 6.07) is 72.1. The quantitative estimate of drug-likeness (QED) is 0.147. The van der Waals surface area contributed by atoms with E-state index in [0.29, 0.717) is 0 Å². The molecule has 0 unspecified atom stereocenters. The Morgan fingerprint density at radius 3 is 0.533 bits per heavy atom. The number of pyridine rings is 3. The summed E-state index contributed by atoms with van der Waals surface area (Å²) in [6.45, 7) is 0. The molecule has 0 saturated heterocycles. The van der Waals surface area contributed by atoms with Crippen LogP contribution in [0.3, 0.4) is 0 Å². The van der Waals surface area contributed by atoms with Gasteiger partial charge in [0.1, 0.15) is 0 Å². The average molecular weight is 766 g/mol. The molecule has 0 bridgehead atoms. The number of benzene rings is 7. The van der Waals surface area contributed by atoms with Gasteiger partial charge < -0.3 is 0 Å². The van der Waals surface area contributed by atoms with Crippen LogP contribution in [0, 0.1) is 0 Å². The monoisotopic (exact) mass is 765 g/mol. The normalized spacial score (nSPS) is 11.0. The number of nitrogens with zero attached hydrogens (tertiary/aromatic N) is 3. The van der Waals surface area contributed by atoms with Gasteiger partial charge in [0.2, 0.25) is 0 Å². The molecule has 10 rings (SSSR count). The van der Waals surface area contributed by atoms with Gasteiger partial charge in [0, 0.05) is 53.9 Å². The Morgan fingerprint density at radius 1 is 0.167 bits per heavy atom. The minimum absolute atomic E-state index is 1.10. The van der Waals surface area contributed by atoms with Crippen molar-refractivity contribution in [3.63, 3.8) is 0 Å². The molecule has 3 heteroatoms. The van der Waals surface area contributed by atoms with Gasteiger partial charge in [-0.05, 0) is 156 Å². The fraction of sp³-hybridized carbons (Fsp3) is 0. The van der Waals surface area contributed by atoms with E-state index in [0.717, 1.165) is 100 Å². The van der Waals surface area contributed by atoms with Crippen molar-refractivity contribution in [2.75, 3.05) is 0 Å². The first-order valence-electron chi connectivity index (χ1n) is 20.2. The Balaban J connectivity index is 1.07. The van der Waals surface area contributed by atoms with E-state index in [2.05, 4.69) is 197 Å². The topological polar surface area (TPSA) is 38.7 Å². The van der Waals surface area contributed by atoms with Gasteiger partial charge in [0.15, 0.2) is 0 Å². The molecule has 3 nitrogen and oxygen atoms in total. The van der Waals surface area contributed by atoms with Crippen molar-refractivity contribution in [3.05, 3.63) is 237 Å². The molecular formula is C57H39N3. The van der Waals surface area contributed by atoms with E-state index in [1.165, 1.54) is 0 Å². The molecule has 0 saturated carbocycles. The van der Waals surface area contributed by atoms with Crippen molar-refractivity contribution in [3.8, 4) is 100 Å². The van der Waals surface area contributed by atoms with E-state index in [9.17, 15) is 0 Å². The third-order valence-corrected chi connectivity index (χ3v) is 11.1. The maximum Gasteiger partial charge on any atom is 0.0346 e. The summed E-state index contributed by atoms with van der Waals surface area (Å²) >= 11 is 0. The third kappa shape index (κ3) is 7.80. The molecule has 60 heavy (non-hydrogen) atoms. The number of hydrogen-bond donors (Lipinski definition) is 0. The zero-order chi connectivity index (χ0) is 40.1. The van der Waals surface area contributed by atoms with Crippen molar-refractivity contribution in [1.82, 2.24) is 15.0 Å². The molecule has 0 fully saturated rings. The number of hydrogen-bond acceptors (Lipinski definition) is 3. The highest BCUT2D eigenvalue weighted by atomic mass is 14.6. The molecule has 3 aromatic heterocycles. The first kappa shape index (κ1) is 36.3. The van der Waals surface area contributed by atoms with Gasteiger partial charge in [0.05, 0.1) is 0 Å². The molecule has 282 valence electrons. The maximum atomic E-state index is 4.36. The van der Waals surface area contributed by atoms with E-state index in [4.69, 9.17) is 0 Å². The van der Waals surface area contributed by atoms with Crippen molar-refractivity contribution in [2.45, 2.75) is 0 Å². The summed E-state index contributed by atoms with van der Waals surface area (Å²) in [5, 5.41) is 0. The van der Waals surface area contributed by atoms with E-state index in [1.807, 2.05) is 55.4 Å². The number of rotatable bonds is 9. The second-order valence-corrected chi connectivity index (χ2v) is 15.0. The molecule has 0 atom stereocenters. The summed E-state index contributed by atoms with van der Waals surface area (Å²) in [5.41, 5.74) is 20.6. The zero-order valence-corrected chi connectivity index (χ0v) is 32.9. The van der Waals surface area contributed by atoms with Crippen LogP contribution in [0.1, 0.15) is 0 Å². The van der Waals surface area contributed by atoms with Crippen LogP contribution in [0.25, 0.3) is 100 Å². The van der Waals surface area contributed by atoms with E-state index < -0.39 is 0 Å². The first-order valence-corrected chi connectivity index (χ1v) is 20.2. The molecule has 0 N–H and O–H groups in total. The Kier molecular flexibility index (Phi) is 9.97. The highest BCUT2D eigenvalue weighted by Gasteiger charge is 2.12. The standard InChI is InChI=1S/C57H39N3/c1-10-40(28-46(16-1)52-22-7-25-58-37-52)43-13-4-19-49(31-43)55-34-56(50-20-5-14-44(32-50)41-11-2-17-47(29-41)53-23-8-26-59-38-53)36-57(35-55)51-21-6-15-45(33-51)42-12-3-18-48(30-42)54-24-9-27-60-39-54/h1-39H. The predicted molar refractivity (Wildman–Crippen MR) is 249 cm³/mol. The van der Waals surface area contributed by atoms with Crippen molar-refractivity contribution < 1.29 is 0 Å². The molecule has 0 spiro atoms. The summed E-state index contributed by atoms with van der Waals surface area (Å²) in [5.74, 6) is 0. The second kappa shape index (κ2) is 16.5. The Morgan fingerprint density at radius 2 is 0.333 bits per heavy atom. The van der Waals surface area contributed by atoms with E-state index in [1.54, 1.807) is 0 Å². The van der Waals surface area contributed by atoms with Crippen LogP contribution in [-0.4, -0.2) is 15.0 Å². The van der Waals surface area contributed by atoms with E-state index >= 15 is 0 Å². The van der Waals surface area contributed by atoms with Gasteiger partial charge >= 0.3 is 0 Å².